The molecule has 0 heterocycles. The molecule has 0 aliphatic heterocycles. The Morgan fingerprint density at radius 2 is 2.28 bits per heavy atom. The van der Waals surface area contributed by atoms with Crippen molar-refractivity contribution in [1.82, 2.24) is 0 Å². The van der Waals surface area contributed by atoms with Gasteiger partial charge in [-0.1, -0.05) is 0 Å². The summed E-state index contributed by atoms with van der Waals surface area (Å²) in [5.41, 5.74) is -0.00508. The Hall–Kier alpha value is -2.62. The Balaban J connectivity index is 3.06. The SMILES string of the molecule is COc1ccc([N+](=O)[O-])cc1NC(=O)C(C)C#N. The quantitative estimate of drug-likeness (QED) is 0.645. The highest BCUT2D eigenvalue weighted by Gasteiger charge is 2.17. The summed E-state index contributed by atoms with van der Waals surface area (Å²) in [5.74, 6) is -1.11. The number of hydrogen-bond acceptors (Lipinski definition) is 5. The molecule has 0 aliphatic carbocycles. The zero-order valence-corrected chi connectivity index (χ0v) is 9.84. The number of amides is 1. The van der Waals surface area contributed by atoms with E-state index in [0.717, 1.165) is 0 Å². The number of nitro benzene ring substituents is 1. The molecule has 7 heteroatoms. The lowest BCUT2D eigenvalue weighted by Crippen LogP contribution is -2.19. The third kappa shape index (κ3) is 2.95. The second-order valence-electron chi connectivity index (χ2n) is 3.48. The fourth-order valence-corrected chi connectivity index (χ4v) is 1.21. The van der Waals surface area contributed by atoms with E-state index >= 15 is 0 Å². The summed E-state index contributed by atoms with van der Waals surface area (Å²) in [6.07, 6.45) is 0. The van der Waals surface area contributed by atoms with Crippen molar-refractivity contribution in [2.75, 3.05) is 12.4 Å². The molecule has 1 unspecified atom stereocenters. The molecule has 0 saturated heterocycles. The number of carbonyl (C=O) groups excluding carboxylic acids is 1. The summed E-state index contributed by atoms with van der Waals surface area (Å²) < 4.78 is 4.97. The van der Waals surface area contributed by atoms with Crippen LogP contribution in [0.3, 0.4) is 0 Å². The molecule has 0 spiro atoms. The molecule has 0 radical (unpaired) electrons. The van der Waals surface area contributed by atoms with E-state index in [4.69, 9.17) is 10.00 Å². The number of hydrogen-bond donors (Lipinski definition) is 1. The molecule has 18 heavy (non-hydrogen) atoms. The number of nitrogens with one attached hydrogen (secondary N) is 1. The molecule has 7 nitrogen and oxygen atoms in total. The van der Waals surface area contributed by atoms with Gasteiger partial charge in [0.1, 0.15) is 11.7 Å². The number of rotatable bonds is 4. The predicted molar refractivity (Wildman–Crippen MR) is 63.1 cm³/mol. The second kappa shape index (κ2) is 5.63. The van der Waals surface area contributed by atoms with Crippen molar-refractivity contribution in [2.45, 2.75) is 6.92 Å². The van der Waals surface area contributed by atoms with Crippen LogP contribution in [0.5, 0.6) is 5.75 Å². The second-order valence-corrected chi connectivity index (χ2v) is 3.48. The minimum atomic E-state index is -0.853. The van der Waals surface area contributed by atoms with E-state index in [0.29, 0.717) is 5.75 Å². The van der Waals surface area contributed by atoms with Crippen molar-refractivity contribution >= 4 is 17.3 Å². The Morgan fingerprint density at radius 3 is 2.78 bits per heavy atom. The summed E-state index contributed by atoms with van der Waals surface area (Å²) in [7, 11) is 1.38. The van der Waals surface area contributed by atoms with Crippen molar-refractivity contribution in [2.24, 2.45) is 5.92 Å². The highest BCUT2D eigenvalue weighted by molar-refractivity contribution is 5.95. The van der Waals surface area contributed by atoms with E-state index in [-0.39, 0.29) is 11.4 Å². The topological polar surface area (TPSA) is 105 Å². The molecule has 1 aromatic carbocycles. The van der Waals surface area contributed by atoms with Crippen molar-refractivity contribution in [3.8, 4) is 11.8 Å². The lowest BCUT2D eigenvalue weighted by Gasteiger charge is -2.10. The third-order valence-electron chi connectivity index (χ3n) is 2.24. The number of anilines is 1. The normalized spacial score (nSPS) is 11.2. The molecule has 1 atom stereocenters. The Labute approximate surface area is 103 Å². The van der Waals surface area contributed by atoms with Gasteiger partial charge >= 0.3 is 0 Å². The molecule has 0 aromatic heterocycles. The molecule has 1 amide bonds. The van der Waals surface area contributed by atoms with E-state index in [9.17, 15) is 14.9 Å². The van der Waals surface area contributed by atoms with Crippen molar-refractivity contribution in [3.63, 3.8) is 0 Å². The van der Waals surface area contributed by atoms with Gasteiger partial charge in [-0.3, -0.25) is 14.9 Å². The largest absolute Gasteiger partial charge is 0.495 e. The van der Waals surface area contributed by atoms with Crippen LogP contribution < -0.4 is 10.1 Å². The van der Waals surface area contributed by atoms with Gasteiger partial charge in [-0.15, -0.1) is 0 Å². The molecule has 1 rings (SSSR count). The van der Waals surface area contributed by atoms with E-state index in [2.05, 4.69) is 5.32 Å². The van der Waals surface area contributed by atoms with Gasteiger partial charge in [-0.2, -0.15) is 5.26 Å². The Kier molecular flexibility index (Phi) is 4.21. The summed E-state index contributed by atoms with van der Waals surface area (Å²) in [5, 5.41) is 21.6. The summed E-state index contributed by atoms with van der Waals surface area (Å²) >= 11 is 0. The van der Waals surface area contributed by atoms with E-state index < -0.39 is 16.7 Å². The van der Waals surface area contributed by atoms with Gasteiger partial charge in [0.25, 0.3) is 5.69 Å². The maximum Gasteiger partial charge on any atom is 0.271 e. The summed E-state index contributed by atoms with van der Waals surface area (Å²) in [6, 6.07) is 5.60. The lowest BCUT2D eigenvalue weighted by molar-refractivity contribution is -0.384. The molecular formula is C11H11N3O4. The van der Waals surface area contributed by atoms with Gasteiger partial charge in [0.2, 0.25) is 5.91 Å². The number of carbonyl (C=O) groups is 1. The maximum absolute atomic E-state index is 11.5. The Morgan fingerprint density at radius 1 is 1.61 bits per heavy atom. The molecular weight excluding hydrogens is 238 g/mol. The van der Waals surface area contributed by atoms with E-state index in [1.165, 1.54) is 32.2 Å². The Bertz CT molecular complexity index is 522. The van der Waals surface area contributed by atoms with Gasteiger partial charge in [-0.25, -0.2) is 0 Å². The van der Waals surface area contributed by atoms with Gasteiger partial charge in [0.15, 0.2) is 0 Å². The fourth-order valence-electron chi connectivity index (χ4n) is 1.21. The zero-order chi connectivity index (χ0) is 13.7. The molecule has 94 valence electrons. The number of benzene rings is 1. The minimum absolute atomic E-state index is 0.166. The average Bonchev–Trinajstić information content (AvgIpc) is 2.37. The fraction of sp³-hybridized carbons (Fsp3) is 0.273. The lowest BCUT2D eigenvalue weighted by atomic mass is 10.2. The first kappa shape index (κ1) is 13.4. The third-order valence-corrected chi connectivity index (χ3v) is 2.24. The van der Waals surface area contributed by atoms with Crippen LogP contribution in [0.1, 0.15) is 6.92 Å². The number of non-ortho nitro benzene ring substituents is 1. The van der Waals surface area contributed by atoms with Crippen LogP contribution in [-0.4, -0.2) is 17.9 Å². The van der Waals surface area contributed by atoms with Crippen LogP contribution in [0.15, 0.2) is 18.2 Å². The van der Waals surface area contributed by atoms with Gasteiger partial charge in [0, 0.05) is 12.1 Å². The molecule has 0 fully saturated rings. The number of methoxy groups -OCH3 is 1. The van der Waals surface area contributed by atoms with Crippen LogP contribution in [0, 0.1) is 27.4 Å². The first-order valence-electron chi connectivity index (χ1n) is 5.02. The molecule has 0 saturated carbocycles. The summed E-state index contributed by atoms with van der Waals surface area (Å²) in [6.45, 7) is 1.43. The number of nitrogens with zero attached hydrogens (tertiary/aromatic N) is 2. The van der Waals surface area contributed by atoms with Gasteiger partial charge in [0.05, 0.1) is 23.8 Å². The first-order chi connectivity index (χ1) is 8.49. The smallest absolute Gasteiger partial charge is 0.271 e. The van der Waals surface area contributed by atoms with Crippen LogP contribution >= 0.6 is 0 Å². The van der Waals surface area contributed by atoms with E-state index in [1.807, 2.05) is 0 Å². The molecule has 1 N–H and O–H groups in total. The van der Waals surface area contributed by atoms with E-state index in [1.54, 1.807) is 6.07 Å². The number of ether oxygens (including phenoxy) is 1. The molecule has 1 aromatic rings. The highest BCUT2D eigenvalue weighted by atomic mass is 16.6. The van der Waals surface area contributed by atoms with Crippen LogP contribution in [0.4, 0.5) is 11.4 Å². The standard InChI is InChI=1S/C11H11N3O4/c1-7(6-12)11(15)13-9-5-8(14(16)17)3-4-10(9)18-2/h3-5,7H,1-2H3,(H,13,15). The predicted octanol–water partition coefficient (Wildman–Crippen LogP) is 1.70. The number of nitro groups is 1. The van der Waals surface area contributed by atoms with Crippen LogP contribution in [0.25, 0.3) is 0 Å². The van der Waals surface area contributed by atoms with Crippen LogP contribution in [-0.2, 0) is 4.79 Å². The van der Waals surface area contributed by atoms with Gasteiger partial charge in [-0.05, 0) is 13.0 Å². The minimum Gasteiger partial charge on any atom is -0.495 e. The monoisotopic (exact) mass is 249 g/mol. The first-order valence-corrected chi connectivity index (χ1v) is 5.02. The number of nitriles is 1. The highest BCUT2D eigenvalue weighted by Crippen LogP contribution is 2.29. The summed E-state index contributed by atoms with van der Waals surface area (Å²) in [4.78, 5) is 21.6. The molecule has 0 bridgehead atoms. The zero-order valence-electron chi connectivity index (χ0n) is 9.84. The maximum atomic E-state index is 11.5. The van der Waals surface area contributed by atoms with Crippen molar-refractivity contribution < 1.29 is 14.5 Å². The van der Waals surface area contributed by atoms with Crippen LogP contribution in [0.2, 0.25) is 0 Å². The van der Waals surface area contributed by atoms with Gasteiger partial charge < -0.3 is 10.1 Å². The molecule has 0 aliphatic rings. The van der Waals surface area contributed by atoms with Crippen molar-refractivity contribution in [3.05, 3.63) is 28.3 Å². The van der Waals surface area contributed by atoms with Crippen molar-refractivity contribution in [1.29, 1.82) is 5.26 Å². The average molecular weight is 249 g/mol.